The van der Waals surface area contributed by atoms with Gasteiger partial charge in [-0.25, -0.2) is 4.63 Å². The Morgan fingerprint density at radius 3 is 2.95 bits per heavy atom. The SMILES string of the molecule is Cc1nonc1CC(=O)N[C@H]1CCO[C@H](CO)[C@H]1O. The van der Waals surface area contributed by atoms with Crippen molar-refractivity contribution in [1.82, 2.24) is 15.6 Å². The number of carbonyl (C=O) groups is 1. The number of aliphatic hydroxyl groups excluding tert-OH is 2. The molecule has 0 radical (unpaired) electrons. The maximum atomic E-state index is 11.8. The van der Waals surface area contributed by atoms with Crippen LogP contribution in [0.25, 0.3) is 0 Å². The quantitative estimate of drug-likeness (QED) is 0.613. The minimum atomic E-state index is -0.917. The van der Waals surface area contributed by atoms with Gasteiger partial charge in [0, 0.05) is 6.61 Å². The minimum Gasteiger partial charge on any atom is -0.394 e. The average Bonchev–Trinajstić information content (AvgIpc) is 2.78. The number of aryl methyl sites for hydroxylation is 1. The third kappa shape index (κ3) is 3.28. The van der Waals surface area contributed by atoms with Crippen LogP contribution in [-0.4, -0.2) is 57.9 Å². The van der Waals surface area contributed by atoms with E-state index in [2.05, 4.69) is 20.3 Å². The molecule has 3 N–H and O–H groups in total. The number of hydrogen-bond donors (Lipinski definition) is 3. The number of aromatic nitrogens is 2. The molecule has 8 nitrogen and oxygen atoms in total. The second kappa shape index (κ2) is 6.09. The molecule has 1 amide bonds. The fraction of sp³-hybridized carbons (Fsp3) is 0.727. The number of hydrogen-bond acceptors (Lipinski definition) is 7. The standard InChI is InChI=1S/C11H17N3O5/c1-6-8(14-19-13-6)4-10(16)12-7-2-3-18-9(5-15)11(7)17/h7,9,11,15,17H,2-5H2,1H3,(H,12,16)/t7-,9+,11-/m0/s1. The molecule has 0 aromatic carbocycles. The highest BCUT2D eigenvalue weighted by Gasteiger charge is 2.33. The highest BCUT2D eigenvalue weighted by molar-refractivity contribution is 5.78. The summed E-state index contributed by atoms with van der Waals surface area (Å²) in [7, 11) is 0. The molecular formula is C11H17N3O5. The van der Waals surface area contributed by atoms with E-state index in [1.807, 2.05) is 0 Å². The molecule has 19 heavy (non-hydrogen) atoms. The molecule has 1 aromatic heterocycles. The normalized spacial score (nSPS) is 27.2. The minimum absolute atomic E-state index is 0.0448. The summed E-state index contributed by atoms with van der Waals surface area (Å²) in [5.74, 6) is -0.276. The van der Waals surface area contributed by atoms with Gasteiger partial charge in [0.15, 0.2) is 0 Å². The Morgan fingerprint density at radius 2 is 2.32 bits per heavy atom. The molecule has 0 unspecified atom stereocenters. The zero-order valence-corrected chi connectivity index (χ0v) is 10.6. The van der Waals surface area contributed by atoms with Crippen molar-refractivity contribution in [3.05, 3.63) is 11.4 Å². The lowest BCUT2D eigenvalue weighted by Crippen LogP contribution is -2.54. The summed E-state index contributed by atoms with van der Waals surface area (Å²) in [6.07, 6.45) is -1.03. The molecule has 1 aliphatic rings. The molecule has 106 valence electrons. The molecule has 1 saturated heterocycles. The number of amides is 1. The van der Waals surface area contributed by atoms with Gasteiger partial charge in [-0.1, -0.05) is 10.3 Å². The van der Waals surface area contributed by atoms with Crippen molar-refractivity contribution in [2.45, 2.75) is 38.0 Å². The van der Waals surface area contributed by atoms with Crippen molar-refractivity contribution in [2.24, 2.45) is 0 Å². The number of ether oxygens (including phenoxy) is 1. The number of aliphatic hydroxyl groups is 2. The van der Waals surface area contributed by atoms with Gasteiger partial charge in [-0.15, -0.1) is 0 Å². The van der Waals surface area contributed by atoms with E-state index in [0.29, 0.717) is 24.4 Å². The summed E-state index contributed by atoms with van der Waals surface area (Å²) in [6, 6.07) is -0.432. The Labute approximate surface area is 109 Å². The highest BCUT2D eigenvalue weighted by Crippen LogP contribution is 2.14. The van der Waals surface area contributed by atoms with E-state index < -0.39 is 18.2 Å². The van der Waals surface area contributed by atoms with Crippen LogP contribution in [0, 0.1) is 6.92 Å². The fourth-order valence-corrected chi connectivity index (χ4v) is 2.01. The second-order valence-electron chi connectivity index (χ2n) is 4.52. The van der Waals surface area contributed by atoms with Crippen LogP contribution < -0.4 is 5.32 Å². The van der Waals surface area contributed by atoms with E-state index in [9.17, 15) is 9.90 Å². The molecule has 0 saturated carbocycles. The molecule has 1 fully saturated rings. The van der Waals surface area contributed by atoms with Gasteiger partial charge >= 0.3 is 0 Å². The van der Waals surface area contributed by atoms with Crippen molar-refractivity contribution in [3.8, 4) is 0 Å². The first-order valence-corrected chi connectivity index (χ1v) is 6.09. The lowest BCUT2D eigenvalue weighted by molar-refractivity contribution is -0.131. The van der Waals surface area contributed by atoms with Crippen LogP contribution in [0.15, 0.2) is 4.63 Å². The Morgan fingerprint density at radius 1 is 1.53 bits per heavy atom. The van der Waals surface area contributed by atoms with Crippen LogP contribution in [-0.2, 0) is 16.0 Å². The third-order valence-corrected chi connectivity index (χ3v) is 3.15. The van der Waals surface area contributed by atoms with Gasteiger partial charge in [-0.3, -0.25) is 4.79 Å². The number of nitrogens with zero attached hydrogens (tertiary/aromatic N) is 2. The van der Waals surface area contributed by atoms with Gasteiger partial charge in [-0.2, -0.15) is 0 Å². The molecule has 0 aliphatic carbocycles. The predicted molar refractivity (Wildman–Crippen MR) is 62.1 cm³/mol. The van der Waals surface area contributed by atoms with Crippen LogP contribution >= 0.6 is 0 Å². The van der Waals surface area contributed by atoms with Gasteiger partial charge in [-0.05, 0) is 13.3 Å². The first-order chi connectivity index (χ1) is 9.11. The molecule has 8 heteroatoms. The Kier molecular flexibility index (Phi) is 4.46. The fourth-order valence-electron chi connectivity index (χ4n) is 2.01. The van der Waals surface area contributed by atoms with E-state index >= 15 is 0 Å². The van der Waals surface area contributed by atoms with E-state index in [1.165, 1.54) is 0 Å². The van der Waals surface area contributed by atoms with E-state index in [1.54, 1.807) is 6.92 Å². The summed E-state index contributed by atoms with van der Waals surface area (Å²) < 4.78 is 9.70. The average molecular weight is 271 g/mol. The predicted octanol–water partition coefficient (Wildman–Crippen LogP) is -1.45. The van der Waals surface area contributed by atoms with Crippen LogP contribution in [0.1, 0.15) is 17.8 Å². The van der Waals surface area contributed by atoms with E-state index in [0.717, 1.165) is 0 Å². The van der Waals surface area contributed by atoms with Crippen LogP contribution in [0.4, 0.5) is 0 Å². The van der Waals surface area contributed by atoms with Crippen LogP contribution in [0.2, 0.25) is 0 Å². The van der Waals surface area contributed by atoms with Gasteiger partial charge < -0.3 is 20.3 Å². The van der Waals surface area contributed by atoms with Gasteiger partial charge in [0.05, 0.1) is 19.1 Å². The Hall–Kier alpha value is -1.51. The maximum Gasteiger partial charge on any atom is 0.226 e. The zero-order chi connectivity index (χ0) is 13.8. The Bertz CT molecular complexity index is 436. The van der Waals surface area contributed by atoms with Gasteiger partial charge in [0.25, 0.3) is 0 Å². The maximum absolute atomic E-state index is 11.8. The highest BCUT2D eigenvalue weighted by atomic mass is 16.6. The summed E-state index contributed by atoms with van der Waals surface area (Å²) in [6.45, 7) is 1.81. The first kappa shape index (κ1) is 13.9. The number of carbonyl (C=O) groups excluding carboxylic acids is 1. The monoisotopic (exact) mass is 271 g/mol. The summed E-state index contributed by atoms with van der Waals surface area (Å²) >= 11 is 0. The second-order valence-corrected chi connectivity index (χ2v) is 4.52. The molecule has 0 spiro atoms. The zero-order valence-electron chi connectivity index (χ0n) is 10.6. The number of rotatable bonds is 4. The lowest BCUT2D eigenvalue weighted by Gasteiger charge is -2.34. The van der Waals surface area contributed by atoms with Crippen molar-refractivity contribution in [2.75, 3.05) is 13.2 Å². The molecule has 0 bridgehead atoms. The van der Waals surface area contributed by atoms with Crippen LogP contribution in [0.3, 0.4) is 0 Å². The molecule has 2 rings (SSSR count). The van der Waals surface area contributed by atoms with Crippen molar-refractivity contribution in [1.29, 1.82) is 0 Å². The summed E-state index contributed by atoms with van der Waals surface area (Å²) in [5, 5.41) is 28.9. The molecular weight excluding hydrogens is 254 g/mol. The van der Waals surface area contributed by atoms with Gasteiger partial charge in [0.1, 0.15) is 23.6 Å². The Balaban J connectivity index is 1.90. The van der Waals surface area contributed by atoms with Crippen molar-refractivity contribution < 1.29 is 24.4 Å². The van der Waals surface area contributed by atoms with E-state index in [4.69, 9.17) is 9.84 Å². The van der Waals surface area contributed by atoms with Crippen LogP contribution in [0.5, 0.6) is 0 Å². The lowest BCUT2D eigenvalue weighted by atomic mass is 9.99. The molecule has 1 aromatic rings. The summed E-state index contributed by atoms with van der Waals surface area (Å²) in [5.41, 5.74) is 1.04. The molecule has 1 aliphatic heterocycles. The first-order valence-electron chi connectivity index (χ1n) is 6.09. The molecule has 2 heterocycles. The largest absolute Gasteiger partial charge is 0.394 e. The van der Waals surface area contributed by atoms with Gasteiger partial charge in [0.2, 0.25) is 5.91 Å². The van der Waals surface area contributed by atoms with E-state index in [-0.39, 0.29) is 18.9 Å². The molecule has 3 atom stereocenters. The van der Waals surface area contributed by atoms with Crippen molar-refractivity contribution in [3.63, 3.8) is 0 Å². The number of nitrogens with one attached hydrogen (secondary N) is 1. The van der Waals surface area contributed by atoms with Crippen molar-refractivity contribution >= 4 is 5.91 Å². The topological polar surface area (TPSA) is 118 Å². The third-order valence-electron chi connectivity index (χ3n) is 3.15. The summed E-state index contributed by atoms with van der Waals surface area (Å²) in [4.78, 5) is 11.8. The smallest absolute Gasteiger partial charge is 0.226 e.